The van der Waals surface area contributed by atoms with Crippen LogP contribution in [0.4, 0.5) is 5.69 Å². The van der Waals surface area contributed by atoms with Crippen molar-refractivity contribution < 1.29 is 9.21 Å². The molecule has 1 heterocycles. The summed E-state index contributed by atoms with van der Waals surface area (Å²) in [5.41, 5.74) is 2.88. The maximum absolute atomic E-state index is 11.8. The fourth-order valence-electron chi connectivity index (χ4n) is 1.33. The van der Waals surface area contributed by atoms with Crippen LogP contribution in [0, 0.1) is 11.3 Å². The molecule has 1 N–H and O–H groups in total. The molecule has 94 valence electrons. The fraction of sp³-hybridized carbons (Fsp3) is 0. The van der Waals surface area contributed by atoms with E-state index in [1.165, 1.54) is 12.3 Å². The Balaban J connectivity index is 2.17. The van der Waals surface area contributed by atoms with Gasteiger partial charge in [0, 0.05) is 5.02 Å². The number of anilines is 1. The van der Waals surface area contributed by atoms with Crippen LogP contribution in [0.25, 0.3) is 0 Å². The Labute approximate surface area is 114 Å². The molecule has 0 amide bonds. The van der Waals surface area contributed by atoms with Crippen molar-refractivity contribution in [3.63, 3.8) is 0 Å². The van der Waals surface area contributed by atoms with Gasteiger partial charge in [-0.2, -0.15) is 10.4 Å². The minimum atomic E-state index is -0.581. The van der Waals surface area contributed by atoms with E-state index in [2.05, 4.69) is 10.5 Å². The Morgan fingerprint density at radius 1 is 1.37 bits per heavy atom. The lowest BCUT2D eigenvalue weighted by Crippen LogP contribution is -2.13. The first-order chi connectivity index (χ1) is 9.20. The van der Waals surface area contributed by atoms with Gasteiger partial charge >= 0.3 is 0 Å². The standard InChI is InChI=1S/C13H8ClN3O2/c14-9-3-1-4-10(7-9)16-17-11(8-15)13(18)12-5-2-6-19-12/h1-7,16H. The number of Topliss-reactive ketones (excluding diaryl/α,β-unsaturated/α-hetero) is 1. The SMILES string of the molecule is N#CC(=NNc1cccc(Cl)c1)C(=O)c1ccco1. The van der Waals surface area contributed by atoms with Gasteiger partial charge in [0.05, 0.1) is 12.0 Å². The smallest absolute Gasteiger partial charge is 0.259 e. The first kappa shape index (κ1) is 12.9. The first-order valence-electron chi connectivity index (χ1n) is 5.28. The highest BCUT2D eigenvalue weighted by molar-refractivity contribution is 6.50. The molecule has 2 rings (SSSR count). The molecule has 0 unspecified atom stereocenters. The Morgan fingerprint density at radius 2 is 2.21 bits per heavy atom. The van der Waals surface area contributed by atoms with Gasteiger partial charge in [0.2, 0.25) is 5.71 Å². The van der Waals surface area contributed by atoms with Crippen molar-refractivity contribution in [3.05, 3.63) is 53.4 Å². The molecule has 2 aromatic rings. The molecule has 0 saturated heterocycles. The van der Waals surface area contributed by atoms with Gasteiger partial charge in [-0.3, -0.25) is 10.2 Å². The Morgan fingerprint density at radius 3 is 2.84 bits per heavy atom. The van der Waals surface area contributed by atoms with E-state index in [0.717, 1.165) is 0 Å². The summed E-state index contributed by atoms with van der Waals surface area (Å²) in [5, 5.41) is 13.2. The Hall–Kier alpha value is -2.58. The summed E-state index contributed by atoms with van der Waals surface area (Å²) in [7, 11) is 0. The number of nitriles is 1. The second-order valence-corrected chi connectivity index (χ2v) is 3.94. The number of carbonyl (C=O) groups excluding carboxylic acids is 1. The summed E-state index contributed by atoms with van der Waals surface area (Å²) < 4.78 is 4.92. The van der Waals surface area contributed by atoms with Crippen molar-refractivity contribution in [1.82, 2.24) is 0 Å². The number of hydrogen-bond acceptors (Lipinski definition) is 5. The van der Waals surface area contributed by atoms with Crippen molar-refractivity contribution in [1.29, 1.82) is 5.26 Å². The molecule has 0 aliphatic rings. The molecule has 0 fully saturated rings. The molecule has 1 aromatic heterocycles. The highest BCUT2D eigenvalue weighted by Gasteiger charge is 2.16. The van der Waals surface area contributed by atoms with Gasteiger partial charge in [-0.25, -0.2) is 0 Å². The maximum atomic E-state index is 11.8. The van der Waals surface area contributed by atoms with Crippen molar-refractivity contribution in [2.24, 2.45) is 5.10 Å². The van der Waals surface area contributed by atoms with E-state index in [4.69, 9.17) is 21.3 Å². The second kappa shape index (κ2) is 5.85. The average Bonchev–Trinajstić information content (AvgIpc) is 2.93. The van der Waals surface area contributed by atoms with E-state index < -0.39 is 5.78 Å². The van der Waals surface area contributed by atoms with Crippen molar-refractivity contribution >= 4 is 28.8 Å². The van der Waals surface area contributed by atoms with Crippen LogP contribution < -0.4 is 5.43 Å². The van der Waals surface area contributed by atoms with Gasteiger partial charge in [-0.15, -0.1) is 0 Å². The Bertz CT molecular complexity index is 657. The molecule has 0 aliphatic carbocycles. The van der Waals surface area contributed by atoms with Gasteiger partial charge < -0.3 is 4.42 Å². The molecule has 1 aromatic carbocycles. The molecular formula is C13H8ClN3O2. The third-order valence-electron chi connectivity index (χ3n) is 2.19. The van der Waals surface area contributed by atoms with Gasteiger partial charge in [0.15, 0.2) is 5.76 Å². The average molecular weight is 274 g/mol. The highest BCUT2D eigenvalue weighted by Crippen LogP contribution is 2.14. The number of hydrazone groups is 1. The number of benzene rings is 1. The summed E-state index contributed by atoms with van der Waals surface area (Å²) in [6, 6.07) is 11.5. The van der Waals surface area contributed by atoms with Crippen LogP contribution in [-0.2, 0) is 0 Å². The van der Waals surface area contributed by atoms with Crippen molar-refractivity contribution in [2.75, 3.05) is 5.43 Å². The molecule has 0 saturated carbocycles. The summed E-state index contributed by atoms with van der Waals surface area (Å²) in [6.07, 6.45) is 1.35. The fourth-order valence-corrected chi connectivity index (χ4v) is 1.52. The van der Waals surface area contributed by atoms with Crippen LogP contribution in [0.1, 0.15) is 10.6 Å². The topological polar surface area (TPSA) is 78.4 Å². The zero-order chi connectivity index (χ0) is 13.7. The second-order valence-electron chi connectivity index (χ2n) is 3.50. The minimum absolute atomic E-state index is 0.0631. The zero-order valence-electron chi connectivity index (χ0n) is 9.63. The maximum Gasteiger partial charge on any atom is 0.259 e. The third kappa shape index (κ3) is 3.21. The van der Waals surface area contributed by atoms with Crippen LogP contribution in [0.3, 0.4) is 0 Å². The number of nitrogens with zero attached hydrogens (tertiary/aromatic N) is 2. The first-order valence-corrected chi connectivity index (χ1v) is 5.66. The van der Waals surface area contributed by atoms with E-state index in [-0.39, 0.29) is 11.5 Å². The van der Waals surface area contributed by atoms with Gasteiger partial charge in [0.1, 0.15) is 6.07 Å². The van der Waals surface area contributed by atoms with E-state index in [1.54, 1.807) is 36.4 Å². The predicted octanol–water partition coefficient (Wildman–Crippen LogP) is 3.11. The molecule has 5 nitrogen and oxygen atoms in total. The zero-order valence-corrected chi connectivity index (χ0v) is 10.4. The van der Waals surface area contributed by atoms with Crippen molar-refractivity contribution in [2.45, 2.75) is 0 Å². The van der Waals surface area contributed by atoms with Gasteiger partial charge in [-0.1, -0.05) is 17.7 Å². The number of hydrogen-bond donors (Lipinski definition) is 1. The number of ketones is 1. The summed E-state index contributed by atoms with van der Waals surface area (Å²) in [4.78, 5) is 11.8. The number of rotatable bonds is 4. The van der Waals surface area contributed by atoms with Gasteiger partial charge in [0.25, 0.3) is 5.78 Å². The molecule has 0 bridgehead atoms. The molecule has 0 atom stereocenters. The van der Waals surface area contributed by atoms with E-state index in [0.29, 0.717) is 10.7 Å². The van der Waals surface area contributed by atoms with Crippen LogP contribution in [0.15, 0.2) is 52.2 Å². The molecule has 0 radical (unpaired) electrons. The largest absolute Gasteiger partial charge is 0.461 e. The number of furan rings is 1. The molecular weight excluding hydrogens is 266 g/mol. The number of halogens is 1. The minimum Gasteiger partial charge on any atom is -0.461 e. The quantitative estimate of drug-likeness (QED) is 0.527. The van der Waals surface area contributed by atoms with Crippen molar-refractivity contribution in [3.8, 4) is 6.07 Å². The molecule has 6 heteroatoms. The van der Waals surface area contributed by atoms with E-state index in [1.807, 2.05) is 0 Å². The molecule has 19 heavy (non-hydrogen) atoms. The summed E-state index contributed by atoms with van der Waals surface area (Å²) >= 11 is 5.80. The lowest BCUT2D eigenvalue weighted by atomic mass is 10.2. The monoisotopic (exact) mass is 273 g/mol. The van der Waals surface area contributed by atoms with Crippen LogP contribution >= 0.6 is 11.6 Å². The van der Waals surface area contributed by atoms with Crippen LogP contribution in [0.5, 0.6) is 0 Å². The lowest BCUT2D eigenvalue weighted by Gasteiger charge is -2.00. The van der Waals surface area contributed by atoms with E-state index >= 15 is 0 Å². The Kier molecular flexibility index (Phi) is 3.96. The summed E-state index contributed by atoms with van der Waals surface area (Å²) in [6.45, 7) is 0. The number of carbonyl (C=O) groups is 1. The van der Waals surface area contributed by atoms with E-state index in [9.17, 15) is 4.79 Å². The highest BCUT2D eigenvalue weighted by atomic mass is 35.5. The van der Waals surface area contributed by atoms with Crippen LogP contribution in [-0.4, -0.2) is 11.5 Å². The lowest BCUT2D eigenvalue weighted by molar-refractivity contribution is 0.104. The van der Waals surface area contributed by atoms with Gasteiger partial charge in [-0.05, 0) is 30.3 Å². The summed E-state index contributed by atoms with van der Waals surface area (Å²) in [5.74, 6) is -0.518. The number of nitrogens with one attached hydrogen (secondary N) is 1. The normalized spacial score (nSPS) is 10.8. The molecule has 0 aliphatic heterocycles. The predicted molar refractivity (Wildman–Crippen MR) is 71.2 cm³/mol. The molecule has 0 spiro atoms. The van der Waals surface area contributed by atoms with Crippen LogP contribution in [0.2, 0.25) is 5.02 Å². The third-order valence-corrected chi connectivity index (χ3v) is 2.42.